The molecule has 0 fully saturated rings. The molecule has 0 aliphatic carbocycles. The second kappa shape index (κ2) is 7.31. The van der Waals surface area contributed by atoms with E-state index in [1.165, 1.54) is 10.6 Å². The lowest BCUT2D eigenvalue weighted by Gasteiger charge is -2.31. The number of rotatable bonds is 6. The molecule has 0 heterocycles. The van der Waals surface area contributed by atoms with Gasteiger partial charge in [-0.25, -0.2) is 0 Å². The molecule has 0 amide bonds. The Morgan fingerprint density at radius 3 is 1.48 bits per heavy atom. The third-order valence-corrected chi connectivity index (χ3v) is 14.5. The molecule has 21 heavy (non-hydrogen) atoms. The Labute approximate surface area is 138 Å². The molecular weight excluding hydrogens is 332 g/mol. The van der Waals surface area contributed by atoms with E-state index in [-0.39, 0.29) is 0 Å². The number of hydrogen-bond acceptors (Lipinski definition) is 2. The molecule has 2 rings (SSSR count). The molecule has 0 aliphatic heterocycles. The number of benzene rings is 2. The predicted octanol–water partition coefficient (Wildman–Crippen LogP) is 4.06. The molecule has 0 spiro atoms. The van der Waals surface area contributed by atoms with Crippen molar-refractivity contribution in [3.63, 3.8) is 0 Å². The first-order valence-corrected chi connectivity index (χ1v) is 13.1. The largest absolute Gasteiger partial charge is 0.252 e. The minimum atomic E-state index is -2.05. The molecule has 2 aromatic rings. The first kappa shape index (κ1) is 17.1. The normalized spacial score (nSPS) is 12.3. The number of hydrogen-bond donors (Lipinski definition) is 1. The summed E-state index contributed by atoms with van der Waals surface area (Å²) in [6.45, 7) is 4.35. The molecule has 0 unspecified atom stereocenters. The molecule has 1 nitrogen and oxygen atoms in total. The van der Waals surface area contributed by atoms with Gasteiger partial charge in [0, 0.05) is 16.8 Å². The van der Waals surface area contributed by atoms with E-state index in [4.69, 9.17) is 23.6 Å². The molecule has 1 N–H and O–H groups in total. The van der Waals surface area contributed by atoms with Gasteiger partial charge in [-0.15, -0.1) is 0 Å². The van der Waals surface area contributed by atoms with Crippen LogP contribution in [0.5, 0.6) is 0 Å². The van der Waals surface area contributed by atoms with Crippen molar-refractivity contribution in [2.45, 2.75) is 13.8 Å². The SMILES string of the molecule is CCP(=S)(CC)NP(=S)(c1ccccc1)c1ccccc1. The second-order valence-electron chi connectivity index (χ2n) is 4.90. The van der Waals surface area contributed by atoms with Crippen LogP contribution in [0.1, 0.15) is 13.8 Å². The highest BCUT2D eigenvalue weighted by Gasteiger charge is 2.27. The molecule has 112 valence electrons. The van der Waals surface area contributed by atoms with Crippen molar-refractivity contribution in [2.24, 2.45) is 0 Å². The van der Waals surface area contributed by atoms with Crippen LogP contribution in [0, 0.1) is 0 Å². The molecule has 2 aromatic carbocycles. The lowest BCUT2D eigenvalue weighted by Crippen LogP contribution is -2.26. The maximum atomic E-state index is 6.18. The van der Waals surface area contributed by atoms with Crippen LogP contribution in [0.4, 0.5) is 0 Å². The zero-order chi connectivity index (χ0) is 15.3. The average molecular weight is 353 g/mol. The Morgan fingerprint density at radius 1 is 0.762 bits per heavy atom. The summed E-state index contributed by atoms with van der Waals surface area (Å²) in [7, 11) is 0. The first-order valence-electron chi connectivity index (χ1n) is 7.13. The minimum absolute atomic E-state index is 0.997. The molecule has 0 atom stereocenters. The maximum absolute atomic E-state index is 6.18. The molecule has 0 bridgehead atoms. The summed E-state index contributed by atoms with van der Waals surface area (Å²) in [5.41, 5.74) is 0. The molecular formula is C16H21NP2S2. The molecule has 5 heteroatoms. The van der Waals surface area contributed by atoms with Crippen LogP contribution in [-0.2, 0) is 23.6 Å². The van der Waals surface area contributed by atoms with Crippen molar-refractivity contribution in [1.29, 1.82) is 0 Å². The highest BCUT2D eigenvalue weighted by molar-refractivity contribution is 8.27. The summed E-state index contributed by atoms with van der Waals surface area (Å²) in [4.78, 5) is 3.79. The van der Waals surface area contributed by atoms with E-state index < -0.39 is 12.4 Å². The molecule has 0 aromatic heterocycles. The van der Waals surface area contributed by atoms with Gasteiger partial charge in [0.15, 0.2) is 0 Å². The average Bonchev–Trinajstić information content (AvgIpc) is 2.56. The smallest absolute Gasteiger partial charge is 0.0723 e. The fourth-order valence-corrected chi connectivity index (χ4v) is 11.9. The fourth-order valence-electron chi connectivity index (χ4n) is 2.16. The topological polar surface area (TPSA) is 12.0 Å². The van der Waals surface area contributed by atoms with Crippen LogP contribution in [0.3, 0.4) is 0 Å². The van der Waals surface area contributed by atoms with Gasteiger partial charge in [-0.2, -0.15) is 0 Å². The van der Waals surface area contributed by atoms with E-state index in [2.05, 4.69) is 67.2 Å². The van der Waals surface area contributed by atoms with Crippen molar-refractivity contribution in [3.05, 3.63) is 60.7 Å². The van der Waals surface area contributed by atoms with Gasteiger partial charge in [-0.3, -0.25) is 4.86 Å². The quantitative estimate of drug-likeness (QED) is 0.787. The third kappa shape index (κ3) is 3.92. The Kier molecular flexibility index (Phi) is 5.94. The monoisotopic (exact) mass is 353 g/mol. The van der Waals surface area contributed by atoms with Gasteiger partial charge in [-0.1, -0.05) is 98.1 Å². The molecule has 0 radical (unpaired) electrons. The standard InChI is InChI=1S/C16H21NP2S2/c1-3-18(20,4-2)17-19(21,15-11-7-5-8-12-15)16-13-9-6-10-14-16/h5-14H,3-4H2,1-2H3,(H,17,20,21). The Morgan fingerprint density at radius 2 is 1.14 bits per heavy atom. The van der Waals surface area contributed by atoms with E-state index >= 15 is 0 Å². The van der Waals surface area contributed by atoms with Crippen molar-refractivity contribution >= 4 is 46.6 Å². The fraction of sp³-hybridized carbons (Fsp3) is 0.250. The van der Waals surface area contributed by atoms with Gasteiger partial charge < -0.3 is 0 Å². The zero-order valence-corrected chi connectivity index (χ0v) is 15.8. The summed E-state index contributed by atoms with van der Waals surface area (Å²) >= 11 is 12.1. The lowest BCUT2D eigenvalue weighted by atomic mass is 10.4. The van der Waals surface area contributed by atoms with Crippen molar-refractivity contribution in [2.75, 3.05) is 12.3 Å². The van der Waals surface area contributed by atoms with Gasteiger partial charge >= 0.3 is 0 Å². The zero-order valence-electron chi connectivity index (χ0n) is 12.4. The van der Waals surface area contributed by atoms with E-state index in [1.807, 2.05) is 12.1 Å². The van der Waals surface area contributed by atoms with Gasteiger partial charge in [0.05, 0.1) is 6.19 Å². The van der Waals surface area contributed by atoms with Crippen molar-refractivity contribution in [3.8, 4) is 0 Å². The van der Waals surface area contributed by atoms with Crippen LogP contribution in [0.2, 0.25) is 0 Å². The Balaban J connectivity index is 2.56. The summed E-state index contributed by atoms with van der Waals surface area (Å²) < 4.78 is 0. The maximum Gasteiger partial charge on any atom is 0.0723 e. The Bertz CT molecular complexity index is 620. The van der Waals surface area contributed by atoms with Crippen LogP contribution in [0.25, 0.3) is 0 Å². The number of nitrogens with one attached hydrogen (secondary N) is 1. The molecule has 0 saturated heterocycles. The van der Waals surface area contributed by atoms with Crippen LogP contribution in [0.15, 0.2) is 60.7 Å². The van der Waals surface area contributed by atoms with Crippen LogP contribution >= 0.6 is 12.4 Å². The van der Waals surface area contributed by atoms with E-state index in [0.29, 0.717) is 0 Å². The van der Waals surface area contributed by atoms with Gasteiger partial charge in [0.2, 0.25) is 0 Å². The van der Waals surface area contributed by atoms with Gasteiger partial charge in [0.25, 0.3) is 0 Å². The van der Waals surface area contributed by atoms with Crippen LogP contribution < -0.4 is 15.5 Å². The summed E-state index contributed by atoms with van der Waals surface area (Å²) in [6, 6.07) is 20.8. The van der Waals surface area contributed by atoms with Crippen molar-refractivity contribution in [1.82, 2.24) is 4.86 Å². The molecule has 0 aliphatic rings. The summed E-state index contributed by atoms with van der Waals surface area (Å²) in [6.07, 6.45) is -1.66. The third-order valence-electron chi connectivity index (χ3n) is 3.58. The second-order valence-corrected chi connectivity index (χ2v) is 14.7. The van der Waals surface area contributed by atoms with Crippen molar-refractivity contribution < 1.29 is 0 Å². The minimum Gasteiger partial charge on any atom is -0.252 e. The first-order chi connectivity index (χ1) is 10.0. The van der Waals surface area contributed by atoms with Gasteiger partial charge in [-0.05, 0) is 12.3 Å². The highest BCUT2D eigenvalue weighted by Crippen LogP contribution is 2.53. The van der Waals surface area contributed by atoms with E-state index in [1.54, 1.807) is 0 Å². The van der Waals surface area contributed by atoms with E-state index in [9.17, 15) is 0 Å². The summed E-state index contributed by atoms with van der Waals surface area (Å²) in [5.74, 6) is 0. The van der Waals surface area contributed by atoms with Crippen LogP contribution in [-0.4, -0.2) is 12.3 Å². The predicted molar refractivity (Wildman–Crippen MR) is 105 cm³/mol. The van der Waals surface area contributed by atoms with Gasteiger partial charge in [0.1, 0.15) is 0 Å². The Hall–Kier alpha value is -0.300. The summed E-state index contributed by atoms with van der Waals surface area (Å²) in [5, 5.41) is 2.39. The molecule has 0 saturated carbocycles. The highest BCUT2D eigenvalue weighted by atomic mass is 32.5. The lowest BCUT2D eigenvalue weighted by molar-refractivity contribution is 1.35. The van der Waals surface area contributed by atoms with E-state index in [0.717, 1.165) is 12.3 Å².